The minimum absolute atomic E-state index is 0. The van der Waals surface area contributed by atoms with Gasteiger partial charge in [-0.25, -0.2) is 9.37 Å². The van der Waals surface area contributed by atoms with Crippen LogP contribution in [0, 0.1) is 17.9 Å². The first-order valence-electron chi connectivity index (χ1n) is 21.6. The van der Waals surface area contributed by atoms with Crippen molar-refractivity contribution in [3.63, 3.8) is 0 Å². The first kappa shape index (κ1) is 45.0. The summed E-state index contributed by atoms with van der Waals surface area (Å²) in [6, 6.07) is 57.7. The molecule has 10 aromatic rings. The summed E-state index contributed by atoms with van der Waals surface area (Å²) in [6.45, 7) is 9.11. The first-order chi connectivity index (χ1) is 30.4. The summed E-state index contributed by atoms with van der Waals surface area (Å²) in [5.41, 5.74) is 13.0. The van der Waals surface area contributed by atoms with Gasteiger partial charge in [-0.15, -0.1) is 18.2 Å². The van der Waals surface area contributed by atoms with E-state index in [0.717, 1.165) is 65.2 Å². The van der Waals surface area contributed by atoms with Crippen molar-refractivity contribution >= 4 is 60.3 Å². The molecule has 0 aliphatic heterocycles. The maximum Gasteiger partial charge on any atom is 0 e. The Morgan fingerprint density at radius 2 is 1.31 bits per heavy atom. The fourth-order valence-electron chi connectivity index (χ4n) is 8.16. The molecule has 0 bridgehead atoms. The van der Waals surface area contributed by atoms with Crippen LogP contribution in [0.4, 0.5) is 4.39 Å². The second kappa shape index (κ2) is 18.9. The second-order valence-electron chi connectivity index (χ2n) is 17.7. The Morgan fingerprint density at radius 3 is 1.97 bits per heavy atom. The van der Waals surface area contributed by atoms with E-state index in [1.54, 1.807) is 23.5 Å². The predicted octanol–water partition coefficient (Wildman–Crippen LogP) is 15.1. The Balaban J connectivity index is 0.000000279. The number of aromatic nitrogens is 4. The van der Waals surface area contributed by atoms with E-state index in [0.29, 0.717) is 0 Å². The number of hydrogen-bond donors (Lipinski definition) is 0. The molecule has 64 heavy (non-hydrogen) atoms. The molecule has 0 aliphatic rings. The molecule has 0 fully saturated rings. The minimum atomic E-state index is -1.72. The Labute approximate surface area is 396 Å². The Kier molecular flexibility index (Phi) is 13.3. The van der Waals surface area contributed by atoms with Gasteiger partial charge in [0.05, 0.1) is 22.6 Å². The fraction of sp³-hybridized carbons (Fsp3) is 0.161. The van der Waals surface area contributed by atoms with Crippen LogP contribution in [-0.4, -0.2) is 32.8 Å². The molecule has 8 heteroatoms. The topological polar surface area (TPSA) is 43.6 Å². The van der Waals surface area contributed by atoms with E-state index in [2.05, 4.69) is 158 Å². The number of fused-ring (bicyclic) bond motifs is 4. The number of benzene rings is 6. The quantitative estimate of drug-likeness (QED) is 0.112. The van der Waals surface area contributed by atoms with Gasteiger partial charge in [-0.3, -0.25) is 4.98 Å². The maximum atomic E-state index is 13.6. The number of rotatable bonds is 8. The number of para-hydroxylation sites is 2. The zero-order valence-corrected chi connectivity index (χ0v) is 42.4. The van der Waals surface area contributed by atoms with Crippen LogP contribution in [0.2, 0.25) is 17.3 Å². The van der Waals surface area contributed by atoms with Gasteiger partial charge in [-0.2, -0.15) is 11.3 Å². The van der Waals surface area contributed by atoms with Crippen LogP contribution in [0.15, 0.2) is 158 Å². The van der Waals surface area contributed by atoms with Crippen LogP contribution in [0.3, 0.4) is 0 Å². The van der Waals surface area contributed by atoms with Crippen molar-refractivity contribution in [2.45, 2.75) is 56.8 Å². The van der Waals surface area contributed by atoms with Gasteiger partial charge in [0.2, 0.25) is 0 Å². The van der Waals surface area contributed by atoms with Crippen LogP contribution in [0.5, 0.6) is 0 Å². The largest absolute Gasteiger partial charge is 0 e. The molecule has 0 amide bonds. The minimum Gasteiger partial charge on any atom is 0 e. The zero-order valence-electron chi connectivity index (χ0n) is 37.1. The Bertz CT molecular complexity index is 3180. The normalized spacial score (nSPS) is 11.6. The van der Waals surface area contributed by atoms with Crippen LogP contribution in [-0.2, 0) is 20.1 Å². The summed E-state index contributed by atoms with van der Waals surface area (Å²) in [6.07, 6.45) is 2.04. The van der Waals surface area contributed by atoms with Gasteiger partial charge in [0.15, 0.2) is 0 Å². The third-order valence-corrected chi connectivity index (χ3v) is 17.0. The molecule has 0 N–H and O–H groups in total. The van der Waals surface area contributed by atoms with Crippen molar-refractivity contribution in [3.05, 3.63) is 187 Å². The molecule has 0 saturated carbocycles. The molecular formula is C56H49FGeIrN4S-2. The average Bonchev–Trinajstić information content (AvgIpc) is 3.88. The molecular weight excluding hydrogens is 1040 g/mol. The molecule has 4 heterocycles. The van der Waals surface area contributed by atoms with E-state index in [4.69, 9.17) is 9.97 Å². The number of thiophene rings is 1. The molecule has 4 nitrogen and oxygen atoms in total. The summed E-state index contributed by atoms with van der Waals surface area (Å²) >= 11 is -0.0560. The van der Waals surface area contributed by atoms with Crippen LogP contribution in [0.1, 0.15) is 50.7 Å². The summed E-state index contributed by atoms with van der Waals surface area (Å²) in [7, 11) is 0. The van der Waals surface area contributed by atoms with Gasteiger partial charge in [0, 0.05) is 31.4 Å². The van der Waals surface area contributed by atoms with Crippen molar-refractivity contribution < 1.29 is 24.5 Å². The Hall–Kier alpha value is -5.57. The summed E-state index contributed by atoms with van der Waals surface area (Å²) in [4.78, 5) is 15.8. The summed E-state index contributed by atoms with van der Waals surface area (Å²) < 4.78 is 18.6. The molecule has 1 radical (unpaired) electrons. The monoisotopic (exact) mass is 1100 g/mol. The van der Waals surface area contributed by atoms with Crippen molar-refractivity contribution in [1.82, 2.24) is 19.5 Å². The number of imidazole rings is 1. The van der Waals surface area contributed by atoms with Crippen LogP contribution >= 0.6 is 11.3 Å². The van der Waals surface area contributed by atoms with E-state index < -0.39 is 13.3 Å². The van der Waals surface area contributed by atoms with E-state index in [-0.39, 0.29) is 37.8 Å². The van der Waals surface area contributed by atoms with Gasteiger partial charge in [-0.05, 0) is 98.8 Å². The third kappa shape index (κ3) is 9.05. The number of nitrogens with zero attached hydrogens (tertiary/aromatic N) is 4. The molecule has 4 aromatic heterocycles. The fourth-order valence-corrected chi connectivity index (χ4v) is 11.5. The SMILES string of the molecule is CC(C)c1cc(-c2ccccc2)cc(C(C)C)c1-n1c(-c2[c-]ccc3c2sc2nc(-c4ccc(F)cc4)ccc23)nc2ccccc21.[CH3][Ge]([CH3])([CH3])[c]1ccc(-c2[c-]cccc2)nc1.[Ir]. The predicted molar refractivity (Wildman–Crippen MR) is 267 cm³/mol. The molecule has 0 saturated heterocycles. The number of pyridine rings is 2. The van der Waals surface area contributed by atoms with Gasteiger partial charge < -0.3 is 4.57 Å². The molecule has 0 atom stereocenters. The van der Waals surface area contributed by atoms with Gasteiger partial charge in [-0.1, -0.05) is 87.2 Å². The molecule has 6 aromatic carbocycles. The molecule has 0 spiro atoms. The van der Waals surface area contributed by atoms with Gasteiger partial charge in [0.1, 0.15) is 10.6 Å². The smallest absolute Gasteiger partial charge is 0 e. The van der Waals surface area contributed by atoms with Gasteiger partial charge >= 0.3 is 99.8 Å². The van der Waals surface area contributed by atoms with E-state index >= 15 is 0 Å². The number of halogens is 1. The maximum absolute atomic E-state index is 13.6. The Morgan fingerprint density at radius 1 is 0.625 bits per heavy atom. The molecule has 0 unspecified atom stereocenters. The number of hydrogen-bond acceptors (Lipinski definition) is 4. The van der Waals surface area contributed by atoms with E-state index in [1.165, 1.54) is 44.5 Å². The summed E-state index contributed by atoms with van der Waals surface area (Å²) in [5.74, 6) is 8.31. The summed E-state index contributed by atoms with van der Waals surface area (Å²) in [5, 5.41) is 2.22. The second-order valence-corrected chi connectivity index (χ2v) is 29.3. The van der Waals surface area contributed by atoms with Crippen LogP contribution in [0.25, 0.3) is 82.1 Å². The van der Waals surface area contributed by atoms with Crippen LogP contribution < -0.4 is 4.40 Å². The van der Waals surface area contributed by atoms with Gasteiger partial charge in [0.25, 0.3) is 0 Å². The van der Waals surface area contributed by atoms with Crippen molar-refractivity contribution in [1.29, 1.82) is 0 Å². The molecule has 0 aliphatic carbocycles. The molecule has 10 rings (SSSR count). The zero-order chi connectivity index (χ0) is 43.8. The van der Waals surface area contributed by atoms with E-state index in [1.807, 2.05) is 42.6 Å². The van der Waals surface area contributed by atoms with Crippen molar-refractivity contribution in [3.8, 4) is 50.7 Å². The standard InChI is InChI=1S/C42H33FN3S.C14H16GeN.Ir/c1-25(2)34-23-29(27-11-6-5-7-12-27)24-35(26(3)4)39(34)46-38-16-9-8-15-37(38)44-41(46)33-14-10-13-31-32-21-22-36(45-42(32)47-40(31)33)28-17-19-30(43)20-18-28;1-15(2,3)13-9-10-14(16-11-13)12-7-5-4-6-8-12;/h5-13,15-26H,1-4H3;4-7,9-11H,1-3H3;/q2*-1;. The average molecular weight is 1090 g/mol. The van der Waals surface area contributed by atoms with Crippen molar-refractivity contribution in [2.75, 3.05) is 0 Å². The molecule has 321 valence electrons. The third-order valence-electron chi connectivity index (χ3n) is 11.6. The first-order valence-corrected chi connectivity index (χ1v) is 29.8. The van der Waals surface area contributed by atoms with E-state index in [9.17, 15) is 4.39 Å². The van der Waals surface area contributed by atoms with Crippen molar-refractivity contribution in [2.24, 2.45) is 0 Å².